The molecule has 0 aromatic heterocycles. The fraction of sp³-hybridized carbons (Fsp3) is 0.471. The molecule has 0 unspecified atom stereocenters. The molecular formula is C17H22N2O6S. The highest BCUT2D eigenvalue weighted by molar-refractivity contribution is 7.90. The average molecular weight is 382 g/mol. The molecular weight excluding hydrogens is 360 g/mol. The van der Waals surface area contributed by atoms with E-state index in [1.54, 1.807) is 18.2 Å². The molecule has 8 nitrogen and oxygen atoms in total. The Kier molecular flexibility index (Phi) is 7.14. The van der Waals surface area contributed by atoms with Gasteiger partial charge in [0.25, 0.3) is 10.0 Å². The van der Waals surface area contributed by atoms with Gasteiger partial charge < -0.3 is 9.47 Å². The van der Waals surface area contributed by atoms with Crippen molar-refractivity contribution >= 4 is 27.8 Å². The third kappa shape index (κ3) is 5.55. The monoisotopic (exact) mass is 382 g/mol. The summed E-state index contributed by atoms with van der Waals surface area (Å²) in [6.45, 7) is 2.15. The zero-order valence-corrected chi connectivity index (χ0v) is 15.4. The van der Waals surface area contributed by atoms with E-state index < -0.39 is 28.6 Å². The summed E-state index contributed by atoms with van der Waals surface area (Å²) in [4.78, 5) is 27.3. The maximum Gasteiger partial charge on any atom is 0.344 e. The van der Waals surface area contributed by atoms with Crippen molar-refractivity contribution in [1.29, 1.82) is 0 Å². The van der Waals surface area contributed by atoms with Crippen LogP contribution in [-0.2, 0) is 29.1 Å². The van der Waals surface area contributed by atoms with Gasteiger partial charge in [0.05, 0.1) is 11.5 Å². The summed E-state index contributed by atoms with van der Waals surface area (Å²) in [6, 6.07) is 6.55. The zero-order chi connectivity index (χ0) is 19.0. The van der Waals surface area contributed by atoms with Gasteiger partial charge in [0.1, 0.15) is 5.84 Å². The second-order valence-corrected chi connectivity index (χ2v) is 7.32. The van der Waals surface area contributed by atoms with Crippen LogP contribution in [0.15, 0.2) is 34.2 Å². The fourth-order valence-electron chi connectivity index (χ4n) is 2.25. The first-order valence-electron chi connectivity index (χ1n) is 8.42. The van der Waals surface area contributed by atoms with E-state index in [1.807, 2.05) is 6.92 Å². The summed E-state index contributed by atoms with van der Waals surface area (Å²) in [5, 5.41) is 0. The van der Waals surface area contributed by atoms with Gasteiger partial charge in [0, 0.05) is 18.5 Å². The van der Waals surface area contributed by atoms with Crippen LogP contribution < -0.4 is 4.72 Å². The number of nitrogens with one attached hydrogen (secondary N) is 1. The highest BCUT2D eigenvalue weighted by Gasteiger charge is 2.29. The Morgan fingerprint density at radius 1 is 1.12 bits per heavy atom. The van der Waals surface area contributed by atoms with Crippen molar-refractivity contribution < 1.29 is 27.5 Å². The number of fused-ring (bicyclic) bond motifs is 1. The van der Waals surface area contributed by atoms with Crippen LogP contribution in [0.3, 0.4) is 0 Å². The summed E-state index contributed by atoms with van der Waals surface area (Å²) in [5.41, 5.74) is 0.518. The van der Waals surface area contributed by atoms with Crippen molar-refractivity contribution in [2.75, 3.05) is 19.8 Å². The number of sulfonamides is 1. The molecule has 0 radical (unpaired) electrons. The van der Waals surface area contributed by atoms with Gasteiger partial charge in [-0.3, -0.25) is 14.5 Å². The molecule has 0 aliphatic carbocycles. The summed E-state index contributed by atoms with van der Waals surface area (Å²) in [7, 11) is -3.56. The number of amidine groups is 1. The molecule has 0 saturated carbocycles. The van der Waals surface area contributed by atoms with Crippen LogP contribution in [0.5, 0.6) is 0 Å². The van der Waals surface area contributed by atoms with Crippen molar-refractivity contribution in [2.24, 2.45) is 4.99 Å². The van der Waals surface area contributed by atoms with Gasteiger partial charge >= 0.3 is 11.9 Å². The molecule has 0 saturated heterocycles. The van der Waals surface area contributed by atoms with Crippen LogP contribution in [0.2, 0.25) is 0 Å². The smallest absolute Gasteiger partial charge is 0.344 e. The zero-order valence-electron chi connectivity index (χ0n) is 14.6. The number of carbonyl (C=O) groups excluding carboxylic acids is 2. The molecule has 26 heavy (non-hydrogen) atoms. The van der Waals surface area contributed by atoms with Crippen LogP contribution in [0.1, 0.15) is 38.2 Å². The van der Waals surface area contributed by atoms with E-state index in [9.17, 15) is 18.0 Å². The Balaban J connectivity index is 1.73. The number of benzene rings is 1. The largest absolute Gasteiger partial charge is 0.463 e. The number of carbonyl (C=O) groups is 2. The number of unbranched alkanes of at least 4 members (excludes halogenated alkanes) is 1. The molecule has 0 fully saturated rings. The van der Waals surface area contributed by atoms with Gasteiger partial charge in [-0.1, -0.05) is 25.5 Å². The predicted molar refractivity (Wildman–Crippen MR) is 94.2 cm³/mol. The lowest BCUT2D eigenvalue weighted by atomic mass is 10.2. The average Bonchev–Trinajstić information content (AvgIpc) is 2.88. The highest BCUT2D eigenvalue weighted by atomic mass is 32.2. The second-order valence-electron chi connectivity index (χ2n) is 5.67. The molecule has 1 aliphatic heterocycles. The van der Waals surface area contributed by atoms with Gasteiger partial charge in [-0.05, 0) is 25.0 Å². The minimum absolute atomic E-state index is 0.0768. The summed E-state index contributed by atoms with van der Waals surface area (Å²) < 4.78 is 36.0. The highest BCUT2D eigenvalue weighted by Crippen LogP contribution is 2.22. The Morgan fingerprint density at radius 2 is 1.88 bits per heavy atom. The van der Waals surface area contributed by atoms with Gasteiger partial charge in [-0.25, -0.2) is 13.2 Å². The lowest BCUT2D eigenvalue weighted by Crippen LogP contribution is -2.22. The number of ether oxygens (including phenoxy) is 2. The van der Waals surface area contributed by atoms with Gasteiger partial charge in [0.2, 0.25) is 0 Å². The first-order chi connectivity index (χ1) is 12.4. The maximum absolute atomic E-state index is 11.9. The SMILES string of the molecule is CCCCOC(=O)COC(=O)CCCN=C1NS(=O)(=O)c2ccccc21. The van der Waals surface area contributed by atoms with E-state index in [2.05, 4.69) is 9.71 Å². The van der Waals surface area contributed by atoms with Crippen LogP contribution in [0.25, 0.3) is 0 Å². The van der Waals surface area contributed by atoms with Crippen molar-refractivity contribution in [3.05, 3.63) is 29.8 Å². The quantitative estimate of drug-likeness (QED) is 0.510. The number of nitrogens with zero attached hydrogens (tertiary/aromatic N) is 1. The fourth-order valence-corrected chi connectivity index (χ4v) is 3.50. The summed E-state index contributed by atoms with van der Waals surface area (Å²) in [5.74, 6) is -0.817. The number of rotatable bonds is 9. The Labute approximate surface area is 152 Å². The van der Waals surface area contributed by atoms with E-state index >= 15 is 0 Å². The normalized spacial score (nSPS) is 16.0. The molecule has 142 valence electrons. The molecule has 0 atom stereocenters. The van der Waals surface area contributed by atoms with E-state index in [0.717, 1.165) is 12.8 Å². The third-order valence-electron chi connectivity index (χ3n) is 3.58. The van der Waals surface area contributed by atoms with Crippen molar-refractivity contribution in [3.63, 3.8) is 0 Å². The molecule has 0 bridgehead atoms. The van der Waals surface area contributed by atoms with Crippen molar-refractivity contribution in [2.45, 2.75) is 37.5 Å². The van der Waals surface area contributed by atoms with Gasteiger partial charge in [-0.15, -0.1) is 0 Å². The molecule has 1 aliphatic rings. The Bertz CT molecular complexity index is 788. The maximum atomic E-state index is 11.9. The summed E-state index contributed by atoms with van der Waals surface area (Å²) >= 11 is 0. The molecule has 9 heteroatoms. The topological polar surface area (TPSA) is 111 Å². The summed E-state index contributed by atoms with van der Waals surface area (Å²) in [6.07, 6.45) is 2.13. The number of hydrogen-bond donors (Lipinski definition) is 1. The lowest BCUT2D eigenvalue weighted by molar-refractivity contribution is -0.158. The predicted octanol–water partition coefficient (Wildman–Crippen LogP) is 1.39. The van der Waals surface area contributed by atoms with Crippen LogP contribution in [0.4, 0.5) is 0 Å². The van der Waals surface area contributed by atoms with Crippen LogP contribution >= 0.6 is 0 Å². The second kappa shape index (κ2) is 9.33. The van der Waals surface area contributed by atoms with Gasteiger partial charge in [-0.2, -0.15) is 0 Å². The number of hydrogen-bond acceptors (Lipinski definition) is 7. The first-order valence-corrected chi connectivity index (χ1v) is 9.90. The minimum atomic E-state index is -3.56. The van der Waals surface area contributed by atoms with E-state index in [-0.39, 0.29) is 23.7 Å². The first kappa shape index (κ1) is 19.9. The molecule has 0 spiro atoms. The van der Waals surface area contributed by atoms with Gasteiger partial charge in [0.15, 0.2) is 6.61 Å². The van der Waals surface area contributed by atoms with E-state index in [0.29, 0.717) is 18.6 Å². The molecule has 1 aromatic carbocycles. The molecule has 1 N–H and O–H groups in total. The van der Waals surface area contributed by atoms with E-state index in [4.69, 9.17) is 9.47 Å². The van der Waals surface area contributed by atoms with Crippen LogP contribution in [0, 0.1) is 0 Å². The van der Waals surface area contributed by atoms with Crippen LogP contribution in [-0.4, -0.2) is 46.0 Å². The minimum Gasteiger partial charge on any atom is -0.463 e. The van der Waals surface area contributed by atoms with Crippen molar-refractivity contribution in [3.8, 4) is 0 Å². The standard InChI is InChI=1S/C17H22N2O6S/c1-2-3-11-24-16(21)12-25-15(20)9-6-10-18-17-13-7-4-5-8-14(13)26(22,23)19-17/h4-5,7-8H,2-3,6,9-12H2,1H3,(H,18,19). The molecule has 0 amide bonds. The third-order valence-corrected chi connectivity index (χ3v) is 4.98. The number of aliphatic imine (C=N–C) groups is 1. The molecule has 1 heterocycles. The lowest BCUT2D eigenvalue weighted by Gasteiger charge is -2.05. The number of esters is 2. The Hall–Kier alpha value is -2.42. The van der Waals surface area contributed by atoms with E-state index in [1.165, 1.54) is 6.07 Å². The molecule has 2 rings (SSSR count). The molecule has 1 aromatic rings. The van der Waals surface area contributed by atoms with Crippen molar-refractivity contribution in [1.82, 2.24) is 4.72 Å². The Morgan fingerprint density at radius 3 is 2.65 bits per heavy atom.